The number of carbonyl (C=O) groups excluding carboxylic acids is 1. The number of hydrogen-bond donors (Lipinski definition) is 1. The van der Waals surface area contributed by atoms with Gasteiger partial charge in [0.1, 0.15) is 11.4 Å². The highest BCUT2D eigenvalue weighted by Crippen LogP contribution is 2.27. The van der Waals surface area contributed by atoms with Gasteiger partial charge in [-0.05, 0) is 50.1 Å². The van der Waals surface area contributed by atoms with Crippen molar-refractivity contribution in [2.45, 2.75) is 19.4 Å². The van der Waals surface area contributed by atoms with E-state index >= 15 is 0 Å². The van der Waals surface area contributed by atoms with Gasteiger partial charge in [-0.15, -0.1) is 0 Å². The Hall–Kier alpha value is -2.86. The molecule has 0 radical (unpaired) electrons. The molecule has 1 fully saturated rings. The van der Waals surface area contributed by atoms with Crippen LogP contribution in [0.5, 0.6) is 0 Å². The van der Waals surface area contributed by atoms with Crippen molar-refractivity contribution in [1.82, 2.24) is 14.7 Å². The average Bonchev–Trinajstić information content (AvgIpc) is 3.40. The fourth-order valence-corrected chi connectivity index (χ4v) is 3.59. The summed E-state index contributed by atoms with van der Waals surface area (Å²) >= 11 is 0. The number of aromatic nitrogens is 2. The van der Waals surface area contributed by atoms with Crippen LogP contribution in [-0.2, 0) is 0 Å². The maximum absolute atomic E-state index is 13.3. The van der Waals surface area contributed by atoms with Crippen LogP contribution in [0.1, 0.15) is 23.8 Å². The second-order valence-electron chi connectivity index (χ2n) is 6.78. The lowest BCUT2D eigenvalue weighted by atomic mass is 10.1. The molecule has 0 bridgehead atoms. The molecule has 1 aliphatic heterocycles. The lowest BCUT2D eigenvalue weighted by Gasteiger charge is -2.21. The third kappa shape index (κ3) is 2.93. The Morgan fingerprint density at radius 2 is 2.08 bits per heavy atom. The third-order valence-electron chi connectivity index (χ3n) is 4.96. The molecule has 134 valence electrons. The van der Waals surface area contributed by atoms with Gasteiger partial charge in [-0.3, -0.25) is 4.79 Å². The number of nitrogens with zero attached hydrogens (tertiary/aromatic N) is 3. The maximum Gasteiger partial charge on any atom is 0.272 e. The Balaban J connectivity index is 1.76. The summed E-state index contributed by atoms with van der Waals surface area (Å²) in [6.45, 7) is 3.36. The van der Waals surface area contributed by atoms with Crippen LogP contribution in [0.4, 0.5) is 0 Å². The summed E-state index contributed by atoms with van der Waals surface area (Å²) in [5.74, 6) is 0.970. The van der Waals surface area contributed by atoms with Crippen LogP contribution in [0.25, 0.3) is 17.1 Å². The first kappa shape index (κ1) is 16.6. The van der Waals surface area contributed by atoms with Crippen LogP contribution in [0.15, 0.2) is 59.2 Å². The highest BCUT2D eigenvalue weighted by molar-refractivity contribution is 5.94. The standard InChI is InChI=1S/C20H22N4O2/c1-14-10-15(12-21)13-23(14)20(25)18-11-17(19-8-5-9-26-19)22-24(18)16-6-3-2-4-7-16/h2-9,11,14-15H,10,12-13,21H2,1H3. The van der Waals surface area contributed by atoms with Crippen molar-refractivity contribution in [3.63, 3.8) is 0 Å². The molecule has 2 unspecified atom stereocenters. The smallest absolute Gasteiger partial charge is 0.272 e. The van der Waals surface area contributed by atoms with E-state index in [4.69, 9.17) is 10.2 Å². The monoisotopic (exact) mass is 350 g/mol. The normalized spacial score (nSPS) is 19.8. The fourth-order valence-electron chi connectivity index (χ4n) is 3.59. The second kappa shape index (κ2) is 6.80. The number of hydrogen-bond acceptors (Lipinski definition) is 4. The zero-order valence-corrected chi connectivity index (χ0v) is 14.7. The Labute approximate surface area is 152 Å². The maximum atomic E-state index is 13.3. The summed E-state index contributed by atoms with van der Waals surface area (Å²) in [6.07, 6.45) is 2.54. The minimum Gasteiger partial charge on any atom is -0.463 e. The molecule has 0 saturated carbocycles. The van der Waals surface area contributed by atoms with Gasteiger partial charge >= 0.3 is 0 Å². The predicted octanol–water partition coefficient (Wildman–Crippen LogP) is 2.94. The molecule has 2 N–H and O–H groups in total. The van der Waals surface area contributed by atoms with E-state index in [1.165, 1.54) is 0 Å². The Bertz CT molecular complexity index is 886. The number of benzene rings is 1. The molecule has 1 saturated heterocycles. The molecule has 2 atom stereocenters. The van der Waals surface area contributed by atoms with E-state index in [1.54, 1.807) is 17.0 Å². The number of nitrogens with two attached hydrogens (primary N) is 1. The molecule has 2 aromatic heterocycles. The Morgan fingerprint density at radius 3 is 2.73 bits per heavy atom. The summed E-state index contributed by atoms with van der Waals surface area (Å²) in [4.78, 5) is 15.2. The minimum absolute atomic E-state index is 0.0254. The number of para-hydroxylation sites is 1. The number of furan rings is 1. The van der Waals surface area contributed by atoms with Gasteiger partial charge in [0.15, 0.2) is 5.76 Å². The zero-order chi connectivity index (χ0) is 18.1. The van der Waals surface area contributed by atoms with Crippen molar-refractivity contribution < 1.29 is 9.21 Å². The van der Waals surface area contributed by atoms with Crippen LogP contribution in [0.2, 0.25) is 0 Å². The van der Waals surface area contributed by atoms with E-state index < -0.39 is 0 Å². The highest BCUT2D eigenvalue weighted by atomic mass is 16.3. The van der Waals surface area contributed by atoms with Gasteiger partial charge in [0, 0.05) is 18.7 Å². The van der Waals surface area contributed by atoms with Gasteiger partial charge in [-0.2, -0.15) is 5.10 Å². The van der Waals surface area contributed by atoms with Crippen LogP contribution in [0, 0.1) is 5.92 Å². The summed E-state index contributed by atoms with van der Waals surface area (Å²) in [6, 6.07) is 15.3. The molecule has 1 amide bonds. The van der Waals surface area contributed by atoms with Crippen molar-refractivity contribution in [1.29, 1.82) is 0 Å². The second-order valence-corrected chi connectivity index (χ2v) is 6.78. The summed E-state index contributed by atoms with van der Waals surface area (Å²) in [7, 11) is 0. The lowest BCUT2D eigenvalue weighted by Crippen LogP contribution is -2.35. The molecule has 26 heavy (non-hydrogen) atoms. The van der Waals surface area contributed by atoms with Gasteiger partial charge in [0.2, 0.25) is 0 Å². The molecule has 3 aromatic rings. The molecular formula is C20H22N4O2. The fraction of sp³-hybridized carbons (Fsp3) is 0.300. The molecule has 4 rings (SSSR count). The van der Waals surface area contributed by atoms with Gasteiger partial charge in [-0.25, -0.2) is 4.68 Å². The highest BCUT2D eigenvalue weighted by Gasteiger charge is 2.34. The van der Waals surface area contributed by atoms with Crippen molar-refractivity contribution in [2.75, 3.05) is 13.1 Å². The lowest BCUT2D eigenvalue weighted by molar-refractivity contribution is 0.0734. The number of rotatable bonds is 4. The van der Waals surface area contributed by atoms with Crippen LogP contribution < -0.4 is 5.73 Å². The van der Waals surface area contributed by atoms with Crippen molar-refractivity contribution in [3.05, 3.63) is 60.5 Å². The molecule has 6 heteroatoms. The topological polar surface area (TPSA) is 77.3 Å². The van der Waals surface area contributed by atoms with Crippen molar-refractivity contribution in [2.24, 2.45) is 11.7 Å². The minimum atomic E-state index is -0.0254. The van der Waals surface area contributed by atoms with E-state index in [9.17, 15) is 4.79 Å². The number of amides is 1. The SMILES string of the molecule is CC1CC(CN)CN1C(=O)c1cc(-c2ccco2)nn1-c1ccccc1. The van der Waals surface area contributed by atoms with E-state index in [-0.39, 0.29) is 11.9 Å². The molecular weight excluding hydrogens is 328 g/mol. The average molecular weight is 350 g/mol. The molecule has 1 aromatic carbocycles. The van der Waals surface area contributed by atoms with Crippen molar-refractivity contribution >= 4 is 5.91 Å². The van der Waals surface area contributed by atoms with Gasteiger partial charge in [0.25, 0.3) is 5.91 Å². The molecule has 1 aliphatic rings. The third-order valence-corrected chi connectivity index (χ3v) is 4.96. The first-order valence-corrected chi connectivity index (χ1v) is 8.87. The van der Waals surface area contributed by atoms with E-state index in [1.807, 2.05) is 47.4 Å². The number of likely N-dealkylation sites (tertiary alicyclic amines) is 1. The summed E-state index contributed by atoms with van der Waals surface area (Å²) in [5, 5.41) is 4.63. The van der Waals surface area contributed by atoms with Gasteiger partial charge in [0.05, 0.1) is 12.0 Å². The van der Waals surface area contributed by atoms with Crippen LogP contribution >= 0.6 is 0 Å². The van der Waals surface area contributed by atoms with Gasteiger partial charge in [-0.1, -0.05) is 18.2 Å². The summed E-state index contributed by atoms with van der Waals surface area (Å²) in [5.41, 5.74) is 7.84. The van der Waals surface area contributed by atoms with E-state index in [0.29, 0.717) is 36.2 Å². The van der Waals surface area contributed by atoms with Gasteiger partial charge < -0.3 is 15.1 Å². The largest absolute Gasteiger partial charge is 0.463 e. The molecule has 0 spiro atoms. The first-order chi connectivity index (χ1) is 12.7. The van der Waals surface area contributed by atoms with E-state index in [2.05, 4.69) is 12.0 Å². The Morgan fingerprint density at radius 1 is 1.27 bits per heavy atom. The van der Waals surface area contributed by atoms with Crippen LogP contribution in [-0.4, -0.2) is 39.7 Å². The van der Waals surface area contributed by atoms with Crippen LogP contribution in [0.3, 0.4) is 0 Å². The summed E-state index contributed by atoms with van der Waals surface area (Å²) < 4.78 is 7.16. The quantitative estimate of drug-likeness (QED) is 0.785. The van der Waals surface area contributed by atoms with E-state index in [0.717, 1.165) is 12.1 Å². The van der Waals surface area contributed by atoms with Crippen molar-refractivity contribution in [3.8, 4) is 17.1 Å². The number of carbonyl (C=O) groups is 1. The Kier molecular flexibility index (Phi) is 4.34. The zero-order valence-electron chi connectivity index (χ0n) is 14.7. The molecule has 0 aliphatic carbocycles. The molecule has 6 nitrogen and oxygen atoms in total. The predicted molar refractivity (Wildman–Crippen MR) is 98.9 cm³/mol. The first-order valence-electron chi connectivity index (χ1n) is 8.87. The molecule has 3 heterocycles.